The van der Waals surface area contributed by atoms with E-state index < -0.39 is 34.8 Å². The van der Waals surface area contributed by atoms with Crippen LogP contribution < -0.4 is 0 Å². The fourth-order valence-electron chi connectivity index (χ4n) is 4.73. The second-order valence-corrected chi connectivity index (χ2v) is 9.09. The molecule has 4 rings (SSSR count). The third-order valence-electron chi connectivity index (χ3n) is 6.57. The highest BCUT2D eigenvalue weighted by Gasteiger charge is 2.43. The first kappa shape index (κ1) is 27.2. The quantitative estimate of drug-likeness (QED) is 0.197. The Labute approximate surface area is 226 Å². The zero-order valence-electron chi connectivity index (χ0n) is 21.8. The topological polar surface area (TPSA) is 108 Å². The molecule has 0 aliphatic carbocycles. The highest BCUT2D eigenvalue weighted by molar-refractivity contribution is 6.07. The summed E-state index contributed by atoms with van der Waals surface area (Å²) in [7, 11) is 1.25. The molecule has 1 aliphatic rings. The smallest absolute Gasteiger partial charge is 0.337 e. The molecule has 1 heterocycles. The van der Waals surface area contributed by atoms with Gasteiger partial charge in [0.2, 0.25) is 0 Å². The van der Waals surface area contributed by atoms with E-state index in [1.54, 1.807) is 26.0 Å². The summed E-state index contributed by atoms with van der Waals surface area (Å²) in [6, 6.07) is 24.8. The molecule has 0 amide bonds. The van der Waals surface area contributed by atoms with E-state index in [1.165, 1.54) is 25.3 Å². The van der Waals surface area contributed by atoms with Gasteiger partial charge in [-0.15, -0.1) is 0 Å². The summed E-state index contributed by atoms with van der Waals surface area (Å²) in [5.74, 6) is -3.13. The highest BCUT2D eigenvalue weighted by Crippen LogP contribution is 2.41. The lowest BCUT2D eigenvalue weighted by molar-refractivity contribution is -0.384. The SMILES string of the molecule is COC(=O)C1C(C)=NC(C)=C(C(=O)OC(C=Cc2ccccc2)c2ccccc2)C1c1cccc([N+](=O)[O-])c1. The number of hydrogen-bond donors (Lipinski definition) is 0. The van der Waals surface area contributed by atoms with Crippen LogP contribution in [0.5, 0.6) is 0 Å². The largest absolute Gasteiger partial charge is 0.468 e. The normalized spacial score (nSPS) is 17.9. The summed E-state index contributed by atoms with van der Waals surface area (Å²) < 4.78 is 11.1. The van der Waals surface area contributed by atoms with Gasteiger partial charge in [-0.25, -0.2) is 4.79 Å². The van der Waals surface area contributed by atoms with Crippen LogP contribution in [-0.4, -0.2) is 29.7 Å². The van der Waals surface area contributed by atoms with E-state index in [-0.39, 0.29) is 11.3 Å². The summed E-state index contributed by atoms with van der Waals surface area (Å²) in [6.07, 6.45) is 2.91. The first-order chi connectivity index (χ1) is 18.8. The molecule has 3 aromatic carbocycles. The van der Waals surface area contributed by atoms with Crippen LogP contribution in [0.3, 0.4) is 0 Å². The number of ether oxygens (including phenoxy) is 2. The number of nitrogens with zero attached hydrogens (tertiary/aromatic N) is 2. The first-order valence-corrected chi connectivity index (χ1v) is 12.4. The molecule has 3 aromatic rings. The number of non-ortho nitro benzene ring substituents is 1. The third kappa shape index (κ3) is 6.18. The van der Waals surface area contributed by atoms with Crippen LogP contribution in [0.15, 0.2) is 107 Å². The molecule has 198 valence electrons. The Hall–Kier alpha value is -4.85. The summed E-state index contributed by atoms with van der Waals surface area (Å²) in [6.45, 7) is 3.34. The van der Waals surface area contributed by atoms with Crippen LogP contribution in [0.1, 0.15) is 42.6 Å². The molecule has 0 radical (unpaired) electrons. The maximum absolute atomic E-state index is 13.9. The molecule has 0 bridgehead atoms. The van der Waals surface area contributed by atoms with Gasteiger partial charge in [-0.05, 0) is 36.6 Å². The van der Waals surface area contributed by atoms with Gasteiger partial charge in [-0.1, -0.05) is 78.9 Å². The van der Waals surface area contributed by atoms with Crippen molar-refractivity contribution in [2.75, 3.05) is 7.11 Å². The van der Waals surface area contributed by atoms with Crippen molar-refractivity contribution >= 4 is 29.4 Å². The number of methoxy groups -OCH3 is 1. The number of carbonyl (C=O) groups excluding carboxylic acids is 2. The van der Waals surface area contributed by atoms with Crippen molar-refractivity contribution in [2.24, 2.45) is 10.9 Å². The Morgan fingerprint density at radius 3 is 2.28 bits per heavy atom. The Balaban J connectivity index is 1.78. The Morgan fingerprint density at radius 1 is 0.974 bits per heavy atom. The molecule has 3 unspecified atom stereocenters. The van der Waals surface area contributed by atoms with Crippen molar-refractivity contribution in [1.29, 1.82) is 0 Å². The molecule has 39 heavy (non-hydrogen) atoms. The van der Waals surface area contributed by atoms with Crippen molar-refractivity contribution in [3.8, 4) is 0 Å². The summed E-state index contributed by atoms with van der Waals surface area (Å²) in [4.78, 5) is 42.3. The number of esters is 2. The van der Waals surface area contributed by atoms with Crippen LogP contribution in [0, 0.1) is 16.0 Å². The van der Waals surface area contributed by atoms with Crippen molar-refractivity contribution < 1.29 is 24.0 Å². The second-order valence-electron chi connectivity index (χ2n) is 9.09. The Bertz CT molecular complexity index is 1460. The van der Waals surface area contributed by atoms with E-state index in [1.807, 2.05) is 66.7 Å². The predicted octanol–water partition coefficient (Wildman–Crippen LogP) is 6.21. The molecule has 8 heteroatoms. The van der Waals surface area contributed by atoms with Crippen LogP contribution in [-0.2, 0) is 19.1 Å². The third-order valence-corrected chi connectivity index (χ3v) is 6.57. The number of nitro groups is 1. The molecule has 1 aliphatic heterocycles. The number of allylic oxidation sites excluding steroid dienone is 1. The molecule has 8 nitrogen and oxygen atoms in total. The zero-order valence-corrected chi connectivity index (χ0v) is 21.8. The summed E-state index contributed by atoms with van der Waals surface area (Å²) in [5.41, 5.74) is 2.89. The van der Waals surface area contributed by atoms with E-state index >= 15 is 0 Å². The monoisotopic (exact) mass is 524 g/mol. The van der Waals surface area contributed by atoms with E-state index in [9.17, 15) is 19.7 Å². The predicted molar refractivity (Wildman–Crippen MR) is 148 cm³/mol. The molecule has 0 fully saturated rings. The Kier molecular flexibility index (Phi) is 8.46. The van der Waals surface area contributed by atoms with E-state index in [4.69, 9.17) is 9.47 Å². The summed E-state index contributed by atoms with van der Waals surface area (Å²) in [5, 5.41) is 11.5. The molecule has 0 spiro atoms. The number of nitro benzene ring substituents is 1. The lowest BCUT2D eigenvalue weighted by Gasteiger charge is -2.31. The van der Waals surface area contributed by atoms with Crippen LogP contribution >= 0.6 is 0 Å². The fourth-order valence-corrected chi connectivity index (χ4v) is 4.73. The molecule has 0 saturated carbocycles. The fraction of sp³-hybridized carbons (Fsp3) is 0.194. The molecule has 0 aromatic heterocycles. The molecule has 0 N–H and O–H groups in total. The Morgan fingerprint density at radius 2 is 1.64 bits per heavy atom. The number of benzene rings is 3. The first-order valence-electron chi connectivity index (χ1n) is 12.4. The molecular formula is C31H28N2O6. The average molecular weight is 525 g/mol. The minimum Gasteiger partial charge on any atom is -0.468 e. The van der Waals surface area contributed by atoms with Crippen LogP contribution in [0.4, 0.5) is 5.69 Å². The molecule has 0 saturated heterocycles. The van der Waals surface area contributed by atoms with Crippen molar-refractivity contribution in [3.05, 3.63) is 129 Å². The van der Waals surface area contributed by atoms with Gasteiger partial charge in [0.15, 0.2) is 0 Å². The lowest BCUT2D eigenvalue weighted by atomic mass is 9.75. The maximum Gasteiger partial charge on any atom is 0.337 e. The van der Waals surface area contributed by atoms with Gasteiger partial charge in [0.1, 0.15) is 12.0 Å². The number of aliphatic imine (C=N–C) groups is 1. The lowest BCUT2D eigenvalue weighted by Crippen LogP contribution is -2.36. The number of carbonyl (C=O) groups is 2. The zero-order chi connectivity index (χ0) is 27.9. The van der Waals surface area contributed by atoms with Gasteiger partial charge in [0.05, 0.1) is 17.6 Å². The minimum atomic E-state index is -0.960. The van der Waals surface area contributed by atoms with Gasteiger partial charge in [0.25, 0.3) is 5.69 Å². The number of hydrogen-bond acceptors (Lipinski definition) is 7. The minimum absolute atomic E-state index is 0.144. The van der Waals surface area contributed by atoms with Crippen LogP contribution in [0.25, 0.3) is 6.08 Å². The van der Waals surface area contributed by atoms with E-state index in [0.717, 1.165) is 11.1 Å². The highest BCUT2D eigenvalue weighted by atomic mass is 16.6. The summed E-state index contributed by atoms with van der Waals surface area (Å²) >= 11 is 0. The van der Waals surface area contributed by atoms with Crippen molar-refractivity contribution in [1.82, 2.24) is 0 Å². The molecular weight excluding hydrogens is 496 g/mol. The second kappa shape index (κ2) is 12.1. The van der Waals surface area contributed by atoms with Gasteiger partial charge in [0, 0.05) is 29.5 Å². The number of rotatable bonds is 8. The standard InChI is InChI=1S/C31H28N2O6/c1-20-27(30(34)38-3)29(24-15-10-16-25(19-24)33(36)37)28(21(2)32-20)31(35)39-26(23-13-8-5-9-14-23)18-17-22-11-6-4-7-12-22/h4-19,26-27,29H,1-3H3. The average Bonchev–Trinajstić information content (AvgIpc) is 2.95. The van der Waals surface area contributed by atoms with E-state index in [0.29, 0.717) is 17.0 Å². The van der Waals surface area contributed by atoms with Crippen molar-refractivity contribution in [2.45, 2.75) is 25.9 Å². The van der Waals surface area contributed by atoms with Gasteiger partial charge in [-0.3, -0.25) is 19.9 Å². The van der Waals surface area contributed by atoms with Crippen molar-refractivity contribution in [3.63, 3.8) is 0 Å². The van der Waals surface area contributed by atoms with Gasteiger partial charge < -0.3 is 9.47 Å². The van der Waals surface area contributed by atoms with Crippen LogP contribution in [0.2, 0.25) is 0 Å². The van der Waals surface area contributed by atoms with Gasteiger partial charge >= 0.3 is 11.9 Å². The van der Waals surface area contributed by atoms with Gasteiger partial charge in [-0.2, -0.15) is 0 Å². The molecule has 3 atom stereocenters. The maximum atomic E-state index is 13.9. The van der Waals surface area contributed by atoms with E-state index in [2.05, 4.69) is 4.99 Å².